The van der Waals surface area contributed by atoms with Crippen molar-refractivity contribution < 1.29 is 9.84 Å². The van der Waals surface area contributed by atoms with Crippen molar-refractivity contribution in [2.24, 2.45) is 4.99 Å². The number of ether oxygens (including phenoxy) is 1. The molecule has 1 aromatic carbocycles. The van der Waals surface area contributed by atoms with Crippen LogP contribution >= 0.6 is 24.0 Å². The minimum atomic E-state index is -0.243. The number of aliphatic imine (C=N–C) groups is 1. The molecule has 2 heterocycles. The van der Waals surface area contributed by atoms with Crippen LogP contribution in [0.25, 0.3) is 0 Å². The topological polar surface area (TPSA) is 60.3 Å². The Kier molecular flexibility index (Phi) is 9.10. The minimum Gasteiger partial charge on any atom is -0.391 e. The standard InChI is InChI=1S/C19H30N4O2.HI/c1-2-20-19(23-9-8-17(24)15-23)21-14-18(16-6-4-3-5-7-16)22-10-12-25-13-11-22;/h3-7,17-18,24H,2,8-15H2,1H3,(H,20,21);1H/t17-,18?;/m1./s1. The molecule has 0 radical (unpaired) electrons. The zero-order valence-electron chi connectivity index (χ0n) is 15.5. The SMILES string of the molecule is CCNC(=NCC(c1ccccc1)N1CCOCC1)N1CC[C@@H](O)C1.I. The Hall–Kier alpha value is -0.900. The number of likely N-dealkylation sites (tertiary alicyclic amines) is 1. The highest BCUT2D eigenvalue weighted by Gasteiger charge is 2.25. The molecule has 2 fully saturated rings. The van der Waals surface area contributed by atoms with E-state index in [1.165, 1.54) is 5.56 Å². The van der Waals surface area contributed by atoms with Crippen molar-refractivity contribution in [2.75, 3.05) is 52.5 Å². The molecule has 26 heavy (non-hydrogen) atoms. The van der Waals surface area contributed by atoms with Crippen LogP contribution in [0.1, 0.15) is 24.9 Å². The van der Waals surface area contributed by atoms with Crippen molar-refractivity contribution in [2.45, 2.75) is 25.5 Å². The number of hydrogen-bond acceptors (Lipinski definition) is 4. The van der Waals surface area contributed by atoms with Gasteiger partial charge < -0.3 is 20.1 Å². The molecule has 2 atom stereocenters. The summed E-state index contributed by atoms with van der Waals surface area (Å²) in [5, 5.41) is 13.2. The third-order valence-corrected chi connectivity index (χ3v) is 4.88. The fourth-order valence-electron chi connectivity index (χ4n) is 3.53. The number of hydrogen-bond donors (Lipinski definition) is 2. The van der Waals surface area contributed by atoms with Gasteiger partial charge in [0.15, 0.2) is 5.96 Å². The molecule has 0 aliphatic carbocycles. The molecule has 0 amide bonds. The Balaban J connectivity index is 0.00000243. The lowest BCUT2D eigenvalue weighted by Crippen LogP contribution is -2.43. The molecular formula is C19H31IN4O2. The largest absolute Gasteiger partial charge is 0.391 e. The zero-order chi connectivity index (χ0) is 17.5. The van der Waals surface area contributed by atoms with Crippen LogP contribution in [-0.4, -0.2) is 79.5 Å². The van der Waals surface area contributed by atoms with Gasteiger partial charge in [-0.2, -0.15) is 0 Å². The Labute approximate surface area is 173 Å². The van der Waals surface area contributed by atoms with E-state index in [-0.39, 0.29) is 36.1 Å². The number of β-amino-alcohol motifs (C(OH)–C–C–N with tert-alkyl or cyclic N) is 1. The molecule has 7 heteroatoms. The van der Waals surface area contributed by atoms with E-state index in [1.54, 1.807) is 0 Å². The molecule has 2 aliphatic heterocycles. The zero-order valence-corrected chi connectivity index (χ0v) is 17.8. The summed E-state index contributed by atoms with van der Waals surface area (Å²) in [6.07, 6.45) is 0.573. The molecular weight excluding hydrogens is 443 g/mol. The Morgan fingerprint density at radius 1 is 1.27 bits per heavy atom. The monoisotopic (exact) mass is 474 g/mol. The van der Waals surface area contributed by atoms with E-state index in [2.05, 4.69) is 52.4 Å². The van der Waals surface area contributed by atoms with Crippen LogP contribution in [0.15, 0.2) is 35.3 Å². The van der Waals surface area contributed by atoms with Crippen LogP contribution in [-0.2, 0) is 4.74 Å². The normalized spacial score (nSPS) is 22.8. The maximum Gasteiger partial charge on any atom is 0.194 e. The fraction of sp³-hybridized carbons (Fsp3) is 0.632. The number of guanidine groups is 1. The molecule has 0 aromatic heterocycles. The predicted octanol–water partition coefficient (Wildman–Crippen LogP) is 1.71. The van der Waals surface area contributed by atoms with E-state index < -0.39 is 0 Å². The maximum absolute atomic E-state index is 9.83. The molecule has 2 N–H and O–H groups in total. The molecule has 3 rings (SSSR count). The number of benzene rings is 1. The summed E-state index contributed by atoms with van der Waals surface area (Å²) in [6.45, 7) is 8.59. The number of aliphatic hydroxyl groups excluding tert-OH is 1. The highest BCUT2D eigenvalue weighted by molar-refractivity contribution is 14.0. The number of rotatable bonds is 5. The molecule has 1 aromatic rings. The van der Waals surface area contributed by atoms with Gasteiger partial charge in [-0.25, -0.2) is 0 Å². The first-order valence-electron chi connectivity index (χ1n) is 9.36. The molecule has 146 valence electrons. The van der Waals surface area contributed by atoms with Gasteiger partial charge in [0, 0.05) is 32.7 Å². The molecule has 2 aliphatic rings. The van der Waals surface area contributed by atoms with Gasteiger partial charge in [-0.1, -0.05) is 30.3 Å². The lowest BCUT2D eigenvalue weighted by Gasteiger charge is -2.34. The lowest BCUT2D eigenvalue weighted by atomic mass is 10.1. The first-order valence-corrected chi connectivity index (χ1v) is 9.36. The van der Waals surface area contributed by atoms with Gasteiger partial charge in [-0.15, -0.1) is 24.0 Å². The smallest absolute Gasteiger partial charge is 0.194 e. The van der Waals surface area contributed by atoms with Crippen molar-refractivity contribution in [3.05, 3.63) is 35.9 Å². The van der Waals surface area contributed by atoms with Crippen molar-refractivity contribution in [1.29, 1.82) is 0 Å². The second kappa shape index (κ2) is 11.1. The van der Waals surface area contributed by atoms with E-state index in [0.717, 1.165) is 51.8 Å². The van der Waals surface area contributed by atoms with Crippen molar-refractivity contribution in [1.82, 2.24) is 15.1 Å². The quantitative estimate of drug-likeness (QED) is 0.387. The molecule has 6 nitrogen and oxygen atoms in total. The van der Waals surface area contributed by atoms with E-state index >= 15 is 0 Å². The minimum absolute atomic E-state index is 0. The molecule has 0 spiro atoms. The van der Waals surface area contributed by atoms with Gasteiger partial charge in [0.2, 0.25) is 0 Å². The van der Waals surface area contributed by atoms with Crippen LogP contribution in [0.2, 0.25) is 0 Å². The van der Waals surface area contributed by atoms with Gasteiger partial charge in [-0.3, -0.25) is 9.89 Å². The number of halogens is 1. The van der Waals surface area contributed by atoms with E-state index in [0.29, 0.717) is 13.1 Å². The van der Waals surface area contributed by atoms with E-state index in [1.807, 2.05) is 0 Å². The maximum atomic E-state index is 9.83. The van der Waals surface area contributed by atoms with Crippen LogP contribution in [0, 0.1) is 0 Å². The van der Waals surface area contributed by atoms with Gasteiger partial charge >= 0.3 is 0 Å². The second-order valence-electron chi connectivity index (χ2n) is 6.66. The van der Waals surface area contributed by atoms with Gasteiger partial charge in [0.25, 0.3) is 0 Å². The van der Waals surface area contributed by atoms with Gasteiger partial charge in [0.1, 0.15) is 0 Å². The number of nitrogens with one attached hydrogen (secondary N) is 1. The third kappa shape index (κ3) is 5.80. The van der Waals surface area contributed by atoms with Crippen molar-refractivity contribution in [3.8, 4) is 0 Å². The Bertz CT molecular complexity index is 552. The number of morpholine rings is 1. The Morgan fingerprint density at radius 2 is 2.00 bits per heavy atom. The fourth-order valence-corrected chi connectivity index (χ4v) is 3.53. The van der Waals surface area contributed by atoms with E-state index in [4.69, 9.17) is 9.73 Å². The summed E-state index contributed by atoms with van der Waals surface area (Å²) in [5.41, 5.74) is 1.30. The Morgan fingerprint density at radius 3 is 2.62 bits per heavy atom. The summed E-state index contributed by atoms with van der Waals surface area (Å²) in [4.78, 5) is 9.54. The van der Waals surface area contributed by atoms with Crippen molar-refractivity contribution >= 4 is 29.9 Å². The lowest BCUT2D eigenvalue weighted by molar-refractivity contribution is 0.0179. The average Bonchev–Trinajstić information content (AvgIpc) is 3.09. The summed E-state index contributed by atoms with van der Waals surface area (Å²) in [7, 11) is 0. The average molecular weight is 474 g/mol. The molecule has 0 saturated carbocycles. The highest BCUT2D eigenvalue weighted by Crippen LogP contribution is 2.22. The molecule has 2 saturated heterocycles. The summed E-state index contributed by atoms with van der Waals surface area (Å²) < 4.78 is 5.52. The van der Waals surface area contributed by atoms with Crippen LogP contribution in [0.3, 0.4) is 0 Å². The summed E-state index contributed by atoms with van der Waals surface area (Å²) in [6, 6.07) is 10.9. The molecule has 0 bridgehead atoms. The van der Waals surface area contributed by atoms with E-state index in [9.17, 15) is 5.11 Å². The predicted molar refractivity (Wildman–Crippen MR) is 115 cm³/mol. The first-order chi connectivity index (χ1) is 12.3. The molecule has 1 unspecified atom stereocenters. The summed E-state index contributed by atoms with van der Waals surface area (Å²) in [5.74, 6) is 0.910. The second-order valence-corrected chi connectivity index (χ2v) is 6.66. The van der Waals surface area contributed by atoms with Gasteiger partial charge in [0.05, 0.1) is 31.9 Å². The first kappa shape index (κ1) is 21.4. The van der Waals surface area contributed by atoms with Gasteiger partial charge in [-0.05, 0) is 18.9 Å². The van der Waals surface area contributed by atoms with Crippen LogP contribution < -0.4 is 5.32 Å². The number of aliphatic hydroxyl groups is 1. The summed E-state index contributed by atoms with van der Waals surface area (Å²) >= 11 is 0. The highest BCUT2D eigenvalue weighted by atomic mass is 127. The van der Waals surface area contributed by atoms with Crippen molar-refractivity contribution in [3.63, 3.8) is 0 Å². The van der Waals surface area contributed by atoms with Crippen LogP contribution in [0.5, 0.6) is 0 Å². The third-order valence-electron chi connectivity index (χ3n) is 4.88. The number of nitrogens with zero attached hydrogens (tertiary/aromatic N) is 3. The van der Waals surface area contributed by atoms with Crippen LogP contribution in [0.4, 0.5) is 0 Å².